The van der Waals surface area contributed by atoms with Gasteiger partial charge < -0.3 is 10.2 Å². The van der Waals surface area contributed by atoms with Gasteiger partial charge in [0, 0.05) is 6.42 Å². The molecule has 142 valence electrons. The third-order valence-electron chi connectivity index (χ3n) is 3.80. The zero-order chi connectivity index (χ0) is 18.6. The van der Waals surface area contributed by atoms with E-state index >= 15 is 0 Å². The van der Waals surface area contributed by atoms with Crippen molar-refractivity contribution in [1.29, 1.82) is 0 Å². The molecule has 0 saturated heterocycles. The molecule has 0 bridgehead atoms. The lowest BCUT2D eigenvalue weighted by Gasteiger charge is -1.99. The summed E-state index contributed by atoms with van der Waals surface area (Å²) in [5.74, 6) is -0.707. The van der Waals surface area contributed by atoms with Crippen LogP contribution in [0, 0.1) is 0 Å². The Morgan fingerprint density at radius 1 is 0.880 bits per heavy atom. The van der Waals surface area contributed by atoms with E-state index in [0.29, 0.717) is 6.42 Å². The van der Waals surface area contributed by atoms with E-state index in [0.717, 1.165) is 38.5 Å². The molecule has 1 unspecified atom stereocenters. The van der Waals surface area contributed by atoms with Gasteiger partial charge in [0.2, 0.25) is 0 Å². The maximum atomic E-state index is 10.4. The lowest BCUT2D eigenvalue weighted by molar-refractivity contribution is -0.137. The lowest BCUT2D eigenvalue weighted by atomic mass is 10.1. The van der Waals surface area contributed by atoms with Crippen LogP contribution in [0.25, 0.3) is 0 Å². The number of rotatable bonds is 16. The zero-order valence-corrected chi connectivity index (χ0v) is 15.8. The molecule has 0 aromatic rings. The quantitative estimate of drug-likeness (QED) is 0.205. The van der Waals surface area contributed by atoms with Gasteiger partial charge in [-0.15, -0.1) is 0 Å². The van der Waals surface area contributed by atoms with Crippen molar-refractivity contribution in [3.8, 4) is 0 Å². The number of aliphatic hydroxyl groups excluding tert-OH is 1. The van der Waals surface area contributed by atoms with Crippen LogP contribution in [0.4, 0.5) is 0 Å². The highest BCUT2D eigenvalue weighted by atomic mass is 16.4. The predicted octanol–water partition coefficient (Wildman–Crippen LogP) is 5.97. The van der Waals surface area contributed by atoms with Crippen molar-refractivity contribution in [3.63, 3.8) is 0 Å². The van der Waals surface area contributed by atoms with Crippen LogP contribution in [0.3, 0.4) is 0 Å². The van der Waals surface area contributed by atoms with E-state index in [9.17, 15) is 9.90 Å². The number of unbranched alkanes of at least 4 members (excludes halogenated alkanes) is 6. The van der Waals surface area contributed by atoms with Crippen LogP contribution in [0.15, 0.2) is 48.6 Å². The molecule has 1 atom stereocenters. The second kappa shape index (κ2) is 18.7. The molecular formula is C22H36O3. The minimum absolute atomic E-state index is 0.277. The molecule has 0 saturated carbocycles. The highest BCUT2D eigenvalue weighted by molar-refractivity contribution is 5.66. The number of allylic oxidation sites excluding steroid dienone is 6. The van der Waals surface area contributed by atoms with Crippen LogP contribution in [-0.4, -0.2) is 22.3 Å². The van der Waals surface area contributed by atoms with Gasteiger partial charge in [-0.3, -0.25) is 4.79 Å². The first-order valence-electron chi connectivity index (χ1n) is 9.70. The summed E-state index contributed by atoms with van der Waals surface area (Å²) in [6.07, 6.45) is 26.3. The summed E-state index contributed by atoms with van der Waals surface area (Å²) in [6.45, 7) is 2.20. The molecule has 2 N–H and O–H groups in total. The first-order valence-corrected chi connectivity index (χ1v) is 9.70. The average Bonchev–Trinajstić information content (AvgIpc) is 2.58. The van der Waals surface area contributed by atoms with Crippen LogP contribution in [0.2, 0.25) is 0 Å². The number of hydrogen-bond acceptors (Lipinski definition) is 2. The molecule has 0 aliphatic heterocycles. The molecule has 0 heterocycles. The highest BCUT2D eigenvalue weighted by Crippen LogP contribution is 2.04. The Labute approximate surface area is 153 Å². The molecule has 3 heteroatoms. The van der Waals surface area contributed by atoms with Crippen molar-refractivity contribution in [1.82, 2.24) is 0 Å². The summed E-state index contributed by atoms with van der Waals surface area (Å²) in [7, 11) is 0. The van der Waals surface area contributed by atoms with Crippen LogP contribution < -0.4 is 0 Å². The van der Waals surface area contributed by atoms with Crippen molar-refractivity contribution in [2.24, 2.45) is 0 Å². The van der Waals surface area contributed by atoms with Gasteiger partial charge in [-0.25, -0.2) is 0 Å². The molecule has 3 nitrogen and oxygen atoms in total. The van der Waals surface area contributed by atoms with Gasteiger partial charge >= 0.3 is 5.97 Å². The average molecular weight is 349 g/mol. The van der Waals surface area contributed by atoms with Crippen molar-refractivity contribution >= 4 is 5.97 Å². The Morgan fingerprint density at radius 2 is 1.60 bits per heavy atom. The van der Waals surface area contributed by atoms with Crippen LogP contribution >= 0.6 is 0 Å². The number of carboxylic acid groups (broad SMARTS) is 1. The number of carbonyl (C=O) groups is 1. The highest BCUT2D eigenvalue weighted by Gasteiger charge is 1.95. The maximum absolute atomic E-state index is 10.4. The monoisotopic (exact) mass is 348 g/mol. The summed E-state index contributed by atoms with van der Waals surface area (Å²) in [4.78, 5) is 10.4. The predicted molar refractivity (Wildman–Crippen MR) is 107 cm³/mol. The fourth-order valence-electron chi connectivity index (χ4n) is 2.30. The minimum atomic E-state index is -0.707. The van der Waals surface area contributed by atoms with E-state index in [1.54, 1.807) is 0 Å². The van der Waals surface area contributed by atoms with Crippen molar-refractivity contribution in [3.05, 3.63) is 48.6 Å². The number of aliphatic hydroxyl groups is 1. The smallest absolute Gasteiger partial charge is 0.303 e. The second-order valence-electron chi connectivity index (χ2n) is 6.28. The summed E-state index contributed by atoms with van der Waals surface area (Å²) < 4.78 is 0. The number of carboxylic acids is 1. The van der Waals surface area contributed by atoms with E-state index < -0.39 is 12.1 Å². The molecular weight excluding hydrogens is 312 g/mol. The van der Waals surface area contributed by atoms with Gasteiger partial charge in [0.1, 0.15) is 0 Å². The van der Waals surface area contributed by atoms with Crippen molar-refractivity contribution in [2.45, 2.75) is 83.7 Å². The number of hydrogen-bond donors (Lipinski definition) is 2. The van der Waals surface area contributed by atoms with Crippen molar-refractivity contribution < 1.29 is 15.0 Å². The SMILES string of the molecule is CCCCCC=CCC(O)C=CC=CCC=CCCCCCC(=O)O. The van der Waals surface area contributed by atoms with Crippen LogP contribution in [-0.2, 0) is 4.79 Å². The third kappa shape index (κ3) is 20.3. The van der Waals surface area contributed by atoms with Gasteiger partial charge in [-0.05, 0) is 44.9 Å². The van der Waals surface area contributed by atoms with E-state index in [4.69, 9.17) is 5.11 Å². The van der Waals surface area contributed by atoms with E-state index in [2.05, 4.69) is 37.3 Å². The molecule has 0 fully saturated rings. The maximum Gasteiger partial charge on any atom is 0.303 e. The first-order chi connectivity index (χ1) is 12.2. The fourth-order valence-corrected chi connectivity index (χ4v) is 2.30. The van der Waals surface area contributed by atoms with Gasteiger partial charge in [0.15, 0.2) is 0 Å². The molecule has 25 heavy (non-hydrogen) atoms. The van der Waals surface area contributed by atoms with Crippen LogP contribution in [0.1, 0.15) is 77.6 Å². The molecule has 0 aliphatic carbocycles. The third-order valence-corrected chi connectivity index (χ3v) is 3.80. The van der Waals surface area contributed by atoms with Gasteiger partial charge in [0.25, 0.3) is 0 Å². The molecule has 0 amide bonds. The first kappa shape index (κ1) is 23.4. The molecule has 0 spiro atoms. The minimum Gasteiger partial charge on any atom is -0.481 e. The Kier molecular flexibility index (Phi) is 17.5. The largest absolute Gasteiger partial charge is 0.481 e. The fraction of sp³-hybridized carbons (Fsp3) is 0.591. The van der Waals surface area contributed by atoms with Gasteiger partial charge in [-0.2, -0.15) is 0 Å². The summed E-state index contributed by atoms with van der Waals surface area (Å²) in [6, 6.07) is 0. The van der Waals surface area contributed by atoms with Crippen molar-refractivity contribution in [2.75, 3.05) is 0 Å². The molecule has 0 aromatic heterocycles. The molecule has 0 aromatic carbocycles. The molecule has 0 aliphatic rings. The van der Waals surface area contributed by atoms with Crippen LogP contribution in [0.5, 0.6) is 0 Å². The summed E-state index contributed by atoms with van der Waals surface area (Å²) in [5, 5.41) is 18.3. The second-order valence-corrected chi connectivity index (χ2v) is 6.28. The van der Waals surface area contributed by atoms with E-state index in [-0.39, 0.29) is 6.42 Å². The Bertz CT molecular complexity index is 419. The zero-order valence-electron chi connectivity index (χ0n) is 15.8. The van der Waals surface area contributed by atoms with E-state index in [1.165, 1.54) is 19.3 Å². The molecule has 0 rings (SSSR count). The lowest BCUT2D eigenvalue weighted by Crippen LogP contribution is -1.98. The topological polar surface area (TPSA) is 57.5 Å². The van der Waals surface area contributed by atoms with E-state index in [1.807, 2.05) is 18.2 Å². The Morgan fingerprint density at radius 3 is 2.32 bits per heavy atom. The summed E-state index contributed by atoms with van der Waals surface area (Å²) in [5.41, 5.74) is 0. The Balaban J connectivity index is 3.57. The molecule has 0 radical (unpaired) electrons. The summed E-state index contributed by atoms with van der Waals surface area (Å²) >= 11 is 0. The van der Waals surface area contributed by atoms with Gasteiger partial charge in [-0.1, -0.05) is 74.8 Å². The Hall–Kier alpha value is -1.61. The standard InChI is InChI=1S/C22H36O3/c1-2-3-4-5-12-15-18-21(23)19-16-13-10-8-6-7-9-11-14-17-20-22(24)25/h6-7,10,12-13,15-16,19,21,23H,2-5,8-9,11,14,17-18,20H2,1H3,(H,24,25). The number of aliphatic carboxylic acids is 1. The van der Waals surface area contributed by atoms with Gasteiger partial charge in [0.05, 0.1) is 6.10 Å². The normalized spacial score (nSPS) is 13.7.